The molecule has 1 atom stereocenters. The fraction of sp³-hybridized carbons (Fsp3) is 0.500. The molecule has 1 aromatic rings. The van der Waals surface area contributed by atoms with Crippen molar-refractivity contribution in [2.75, 3.05) is 38.6 Å². The summed E-state index contributed by atoms with van der Waals surface area (Å²) in [5.74, 6) is 0.0511. The molecule has 1 aliphatic heterocycles. The van der Waals surface area contributed by atoms with Gasteiger partial charge in [-0.15, -0.1) is 0 Å². The second-order valence-corrected chi connectivity index (χ2v) is 5.05. The maximum Gasteiger partial charge on any atom is 0.253 e. The lowest BCUT2D eigenvalue weighted by Gasteiger charge is -2.33. The quantitative estimate of drug-likeness (QED) is 0.852. The number of carbonyl (C=O) groups is 1. The largest absolute Gasteiger partial charge is 0.369 e. The number of nitrogens with one attached hydrogen (secondary N) is 1. The number of carbonyl (C=O) groups excluding carboxylic acids is 1. The Bertz CT molecular complexity index is 414. The van der Waals surface area contributed by atoms with E-state index in [0.717, 1.165) is 25.2 Å². The van der Waals surface area contributed by atoms with Crippen LogP contribution in [0.3, 0.4) is 0 Å². The third-order valence-electron chi connectivity index (χ3n) is 3.25. The number of nitrogens with zero attached hydrogens (tertiary/aromatic N) is 2. The summed E-state index contributed by atoms with van der Waals surface area (Å²) in [4.78, 5) is 15.7. The molecular formula is C14H21N3O. The summed E-state index contributed by atoms with van der Waals surface area (Å²) in [6.07, 6.45) is 0. The second-order valence-electron chi connectivity index (χ2n) is 5.05. The molecule has 0 unspecified atom stereocenters. The topological polar surface area (TPSA) is 35.6 Å². The normalized spacial score (nSPS) is 19.7. The van der Waals surface area contributed by atoms with Gasteiger partial charge in [0.05, 0.1) is 0 Å². The number of hydrogen-bond acceptors (Lipinski definition) is 3. The zero-order valence-corrected chi connectivity index (χ0v) is 11.3. The first-order valence-electron chi connectivity index (χ1n) is 6.38. The zero-order valence-electron chi connectivity index (χ0n) is 11.3. The SMILES string of the molecule is C[C@H]1CN(c2ccc(C(=O)N(C)C)cc2)CCN1. The molecule has 2 rings (SSSR count). The Hall–Kier alpha value is -1.55. The van der Waals surface area contributed by atoms with Crippen LogP contribution < -0.4 is 10.2 Å². The molecule has 1 saturated heterocycles. The molecule has 98 valence electrons. The summed E-state index contributed by atoms with van der Waals surface area (Å²) in [5.41, 5.74) is 1.94. The van der Waals surface area contributed by atoms with Crippen LogP contribution in [0.1, 0.15) is 17.3 Å². The highest BCUT2D eigenvalue weighted by atomic mass is 16.2. The van der Waals surface area contributed by atoms with Crippen molar-refractivity contribution in [2.45, 2.75) is 13.0 Å². The van der Waals surface area contributed by atoms with E-state index in [1.54, 1.807) is 19.0 Å². The Morgan fingerprint density at radius 1 is 1.33 bits per heavy atom. The van der Waals surface area contributed by atoms with E-state index in [0.29, 0.717) is 6.04 Å². The van der Waals surface area contributed by atoms with Crippen molar-refractivity contribution in [3.8, 4) is 0 Å². The number of piperazine rings is 1. The van der Waals surface area contributed by atoms with Crippen LogP contribution in [-0.2, 0) is 0 Å². The van der Waals surface area contributed by atoms with E-state index >= 15 is 0 Å². The van der Waals surface area contributed by atoms with E-state index in [4.69, 9.17) is 0 Å². The Morgan fingerprint density at radius 2 is 2.00 bits per heavy atom. The average molecular weight is 247 g/mol. The molecule has 0 bridgehead atoms. The highest BCUT2D eigenvalue weighted by Gasteiger charge is 2.16. The monoisotopic (exact) mass is 247 g/mol. The Labute approximate surface area is 109 Å². The summed E-state index contributed by atoms with van der Waals surface area (Å²) in [7, 11) is 3.54. The minimum atomic E-state index is 0.0511. The van der Waals surface area contributed by atoms with Gasteiger partial charge in [0.15, 0.2) is 0 Å². The van der Waals surface area contributed by atoms with Crippen molar-refractivity contribution in [1.29, 1.82) is 0 Å². The molecule has 0 saturated carbocycles. The fourth-order valence-corrected chi connectivity index (χ4v) is 2.24. The van der Waals surface area contributed by atoms with Crippen molar-refractivity contribution in [2.24, 2.45) is 0 Å². The van der Waals surface area contributed by atoms with Gasteiger partial charge in [-0.1, -0.05) is 0 Å². The van der Waals surface area contributed by atoms with Crippen molar-refractivity contribution in [1.82, 2.24) is 10.2 Å². The standard InChI is InChI=1S/C14H21N3O/c1-11-10-17(9-8-15-11)13-6-4-12(5-7-13)14(18)16(2)3/h4-7,11,15H,8-10H2,1-3H3/t11-/m0/s1. The molecule has 1 amide bonds. The minimum Gasteiger partial charge on any atom is -0.369 e. The van der Waals surface area contributed by atoms with Gasteiger partial charge in [-0.05, 0) is 31.2 Å². The van der Waals surface area contributed by atoms with E-state index in [9.17, 15) is 4.79 Å². The van der Waals surface area contributed by atoms with Crippen molar-refractivity contribution in [3.05, 3.63) is 29.8 Å². The molecule has 0 aliphatic carbocycles. The first kappa shape index (κ1) is 12.9. The van der Waals surface area contributed by atoms with Crippen LogP contribution >= 0.6 is 0 Å². The molecule has 1 heterocycles. The van der Waals surface area contributed by atoms with Gasteiger partial charge in [-0.25, -0.2) is 0 Å². The van der Waals surface area contributed by atoms with Crippen LogP contribution in [0, 0.1) is 0 Å². The van der Waals surface area contributed by atoms with Gasteiger partial charge in [-0.2, -0.15) is 0 Å². The lowest BCUT2D eigenvalue weighted by molar-refractivity contribution is 0.0827. The highest BCUT2D eigenvalue weighted by molar-refractivity contribution is 5.94. The molecule has 4 heteroatoms. The predicted molar refractivity (Wildman–Crippen MR) is 74.1 cm³/mol. The minimum absolute atomic E-state index is 0.0511. The molecule has 0 aromatic heterocycles. The van der Waals surface area contributed by atoms with Crippen LogP contribution in [0.4, 0.5) is 5.69 Å². The van der Waals surface area contributed by atoms with E-state index in [2.05, 4.69) is 17.1 Å². The maximum atomic E-state index is 11.8. The number of hydrogen-bond donors (Lipinski definition) is 1. The van der Waals surface area contributed by atoms with Crippen LogP contribution in [0.25, 0.3) is 0 Å². The predicted octanol–water partition coefficient (Wildman–Crippen LogP) is 1.19. The van der Waals surface area contributed by atoms with Gasteiger partial charge < -0.3 is 15.1 Å². The highest BCUT2D eigenvalue weighted by Crippen LogP contribution is 2.17. The summed E-state index contributed by atoms with van der Waals surface area (Å²) in [6, 6.07) is 8.40. The fourth-order valence-electron chi connectivity index (χ4n) is 2.24. The molecule has 4 nitrogen and oxygen atoms in total. The third-order valence-corrected chi connectivity index (χ3v) is 3.25. The summed E-state index contributed by atoms with van der Waals surface area (Å²) >= 11 is 0. The Morgan fingerprint density at radius 3 is 2.56 bits per heavy atom. The van der Waals surface area contributed by atoms with E-state index in [-0.39, 0.29) is 5.91 Å². The Balaban J connectivity index is 2.10. The van der Waals surface area contributed by atoms with Crippen LogP contribution in [0.5, 0.6) is 0 Å². The average Bonchev–Trinajstić information content (AvgIpc) is 2.38. The molecule has 1 fully saturated rings. The molecule has 0 spiro atoms. The molecule has 1 N–H and O–H groups in total. The van der Waals surface area contributed by atoms with Gasteiger partial charge in [-0.3, -0.25) is 4.79 Å². The Kier molecular flexibility index (Phi) is 3.87. The number of benzene rings is 1. The summed E-state index contributed by atoms with van der Waals surface area (Å²) in [6.45, 7) is 5.24. The lowest BCUT2D eigenvalue weighted by atomic mass is 10.1. The first-order chi connectivity index (χ1) is 8.58. The lowest BCUT2D eigenvalue weighted by Crippen LogP contribution is -2.49. The molecule has 0 radical (unpaired) electrons. The number of rotatable bonds is 2. The van der Waals surface area contributed by atoms with Crippen molar-refractivity contribution >= 4 is 11.6 Å². The van der Waals surface area contributed by atoms with Crippen molar-refractivity contribution < 1.29 is 4.79 Å². The van der Waals surface area contributed by atoms with Gasteiger partial charge in [0.2, 0.25) is 0 Å². The van der Waals surface area contributed by atoms with Crippen LogP contribution in [0.15, 0.2) is 24.3 Å². The third kappa shape index (κ3) is 2.82. The molecular weight excluding hydrogens is 226 g/mol. The molecule has 1 aliphatic rings. The number of amides is 1. The van der Waals surface area contributed by atoms with Crippen molar-refractivity contribution in [3.63, 3.8) is 0 Å². The van der Waals surface area contributed by atoms with Gasteiger partial charge in [0, 0.05) is 51.0 Å². The van der Waals surface area contributed by atoms with Gasteiger partial charge >= 0.3 is 0 Å². The summed E-state index contributed by atoms with van der Waals surface area (Å²) in [5, 5.41) is 3.42. The van der Waals surface area contributed by atoms with Gasteiger partial charge in [0.1, 0.15) is 0 Å². The van der Waals surface area contributed by atoms with E-state index < -0.39 is 0 Å². The number of anilines is 1. The maximum absolute atomic E-state index is 11.8. The van der Waals surface area contributed by atoms with Gasteiger partial charge in [0.25, 0.3) is 5.91 Å². The van der Waals surface area contributed by atoms with Crippen LogP contribution in [0.2, 0.25) is 0 Å². The van der Waals surface area contributed by atoms with E-state index in [1.807, 2.05) is 24.3 Å². The smallest absolute Gasteiger partial charge is 0.253 e. The van der Waals surface area contributed by atoms with E-state index in [1.165, 1.54) is 5.69 Å². The zero-order chi connectivity index (χ0) is 13.1. The molecule has 1 aromatic carbocycles. The van der Waals surface area contributed by atoms with Crippen LogP contribution in [-0.4, -0.2) is 50.6 Å². The first-order valence-corrected chi connectivity index (χ1v) is 6.38. The summed E-state index contributed by atoms with van der Waals surface area (Å²) < 4.78 is 0. The second kappa shape index (κ2) is 5.40. The molecule has 18 heavy (non-hydrogen) atoms.